The number of rotatable bonds is 12. The van der Waals surface area contributed by atoms with Gasteiger partial charge in [0.1, 0.15) is 11.5 Å². The lowest BCUT2D eigenvalue weighted by molar-refractivity contribution is -0.404. The minimum absolute atomic E-state index is 0.225. The molecule has 134 valence electrons. The molecule has 25 heavy (non-hydrogen) atoms. The second kappa shape index (κ2) is 11.9. The van der Waals surface area contributed by atoms with E-state index in [4.69, 9.17) is 17.3 Å². The highest BCUT2D eigenvalue weighted by Crippen LogP contribution is 2.16. The molecule has 0 aliphatic heterocycles. The average Bonchev–Trinajstić information content (AvgIpc) is 2.99. The monoisotopic (exact) mass is 362 g/mol. The maximum Gasteiger partial charge on any atom is 0.274 e. The number of terminal acetylenes is 2. The van der Waals surface area contributed by atoms with Gasteiger partial charge in [-0.3, -0.25) is 15.0 Å². The molecule has 1 aromatic rings. The van der Waals surface area contributed by atoms with Crippen molar-refractivity contribution >= 4 is 11.8 Å². The molecule has 0 unspecified atom stereocenters. The number of hydrogen-bond acceptors (Lipinski definition) is 7. The first kappa shape index (κ1) is 20.5. The number of thioether (sulfide) groups is 1. The molecule has 0 spiro atoms. The third kappa shape index (κ3) is 9.36. The van der Waals surface area contributed by atoms with Crippen LogP contribution in [0.1, 0.15) is 11.5 Å². The lowest BCUT2D eigenvalue weighted by Gasteiger charge is -2.10. The van der Waals surface area contributed by atoms with E-state index in [0.717, 1.165) is 29.2 Å². The molecule has 0 bridgehead atoms. The molecule has 1 heterocycles. The summed E-state index contributed by atoms with van der Waals surface area (Å²) in [4.78, 5) is 12.0. The highest BCUT2D eigenvalue weighted by atomic mass is 32.2. The van der Waals surface area contributed by atoms with Crippen LogP contribution in [0.2, 0.25) is 0 Å². The Morgan fingerprint density at radius 3 is 2.84 bits per heavy atom. The molecule has 0 atom stereocenters. The van der Waals surface area contributed by atoms with Crippen molar-refractivity contribution in [2.75, 3.05) is 32.4 Å². The Morgan fingerprint density at radius 2 is 2.16 bits per heavy atom. The summed E-state index contributed by atoms with van der Waals surface area (Å²) in [7, 11) is 1.94. The van der Waals surface area contributed by atoms with E-state index in [9.17, 15) is 10.1 Å². The minimum Gasteiger partial charge on any atom is -0.464 e. The van der Waals surface area contributed by atoms with Gasteiger partial charge in [-0.05, 0) is 19.2 Å². The van der Waals surface area contributed by atoms with Crippen LogP contribution in [0.25, 0.3) is 0 Å². The Labute approximate surface area is 152 Å². The van der Waals surface area contributed by atoms with Gasteiger partial charge in [0, 0.05) is 12.3 Å². The molecule has 0 fully saturated rings. The smallest absolute Gasteiger partial charge is 0.274 e. The fourth-order valence-corrected chi connectivity index (χ4v) is 2.65. The lowest BCUT2D eigenvalue weighted by atomic mass is 10.4. The SMILES string of the molecule is C#CCNC(=C[N+](=O)[O-])NCCSCc1ccc(CN(C)CC#C)o1. The summed E-state index contributed by atoms with van der Waals surface area (Å²) < 4.78 is 5.75. The van der Waals surface area contributed by atoms with Crippen molar-refractivity contribution in [1.29, 1.82) is 0 Å². The van der Waals surface area contributed by atoms with Gasteiger partial charge in [0.05, 0.1) is 30.3 Å². The molecule has 0 radical (unpaired) electrons. The molecule has 0 saturated carbocycles. The van der Waals surface area contributed by atoms with Crippen LogP contribution in [-0.4, -0.2) is 42.3 Å². The van der Waals surface area contributed by atoms with Gasteiger partial charge in [-0.1, -0.05) is 11.8 Å². The summed E-state index contributed by atoms with van der Waals surface area (Å²) in [5.41, 5.74) is 0. The fraction of sp³-hybridized carbons (Fsp3) is 0.412. The predicted molar refractivity (Wildman–Crippen MR) is 100.0 cm³/mol. The zero-order valence-corrected chi connectivity index (χ0v) is 15.0. The van der Waals surface area contributed by atoms with Gasteiger partial charge in [-0.2, -0.15) is 11.8 Å². The average molecular weight is 362 g/mol. The third-order valence-corrected chi connectivity index (χ3v) is 3.91. The van der Waals surface area contributed by atoms with Gasteiger partial charge in [0.15, 0.2) is 5.82 Å². The zero-order valence-electron chi connectivity index (χ0n) is 14.2. The van der Waals surface area contributed by atoms with E-state index < -0.39 is 4.92 Å². The van der Waals surface area contributed by atoms with Crippen LogP contribution in [0.3, 0.4) is 0 Å². The highest BCUT2D eigenvalue weighted by Gasteiger charge is 2.05. The highest BCUT2D eigenvalue weighted by molar-refractivity contribution is 7.98. The maximum absolute atomic E-state index is 10.5. The molecule has 0 saturated heterocycles. The first-order valence-electron chi connectivity index (χ1n) is 7.59. The Kier molecular flexibility index (Phi) is 9.76. The molecule has 0 aliphatic rings. The van der Waals surface area contributed by atoms with Crippen LogP contribution in [0.5, 0.6) is 0 Å². The zero-order chi connectivity index (χ0) is 18.5. The number of hydrogen-bond donors (Lipinski definition) is 2. The van der Waals surface area contributed by atoms with Crippen molar-refractivity contribution in [1.82, 2.24) is 15.5 Å². The predicted octanol–water partition coefficient (Wildman–Crippen LogP) is 1.47. The Morgan fingerprint density at radius 1 is 1.40 bits per heavy atom. The van der Waals surface area contributed by atoms with Crippen molar-refractivity contribution in [3.05, 3.63) is 45.8 Å². The van der Waals surface area contributed by atoms with E-state index in [0.29, 0.717) is 25.5 Å². The van der Waals surface area contributed by atoms with Gasteiger partial charge < -0.3 is 15.1 Å². The molecule has 1 aromatic heterocycles. The molecule has 0 amide bonds. The summed E-state index contributed by atoms with van der Waals surface area (Å²) in [6.45, 7) is 2.04. The van der Waals surface area contributed by atoms with Crippen molar-refractivity contribution < 1.29 is 9.34 Å². The Hall–Kier alpha value is -2.55. The van der Waals surface area contributed by atoms with E-state index in [1.54, 1.807) is 11.8 Å². The topological polar surface area (TPSA) is 83.6 Å². The van der Waals surface area contributed by atoms with Gasteiger partial charge in [-0.25, -0.2) is 0 Å². The Bertz CT molecular complexity index is 658. The van der Waals surface area contributed by atoms with E-state index in [-0.39, 0.29) is 6.54 Å². The molecular weight excluding hydrogens is 340 g/mol. The molecule has 2 N–H and O–H groups in total. The van der Waals surface area contributed by atoms with Crippen molar-refractivity contribution in [2.45, 2.75) is 12.3 Å². The maximum atomic E-state index is 10.5. The van der Waals surface area contributed by atoms with Crippen molar-refractivity contribution in [3.63, 3.8) is 0 Å². The first-order chi connectivity index (χ1) is 12.0. The normalized spacial score (nSPS) is 11.0. The number of nitrogens with one attached hydrogen (secondary N) is 2. The van der Waals surface area contributed by atoms with Gasteiger partial charge >= 0.3 is 0 Å². The molecule has 0 aromatic carbocycles. The molecule has 1 rings (SSSR count). The second-order valence-corrected chi connectivity index (χ2v) is 6.21. The molecule has 0 aliphatic carbocycles. The van der Waals surface area contributed by atoms with Gasteiger partial charge in [0.25, 0.3) is 6.20 Å². The van der Waals surface area contributed by atoms with E-state index in [2.05, 4.69) is 22.5 Å². The quantitative estimate of drug-likeness (QED) is 0.252. The summed E-state index contributed by atoms with van der Waals surface area (Å²) in [5, 5.41) is 16.3. The largest absolute Gasteiger partial charge is 0.464 e. The molecule has 8 heteroatoms. The van der Waals surface area contributed by atoms with Gasteiger partial charge in [-0.15, -0.1) is 12.8 Å². The number of nitrogens with zero attached hydrogens (tertiary/aromatic N) is 2. The third-order valence-electron chi connectivity index (χ3n) is 2.93. The van der Waals surface area contributed by atoms with E-state index in [1.807, 2.05) is 24.1 Å². The first-order valence-corrected chi connectivity index (χ1v) is 8.74. The summed E-state index contributed by atoms with van der Waals surface area (Å²) in [5.74, 6) is 8.52. The van der Waals surface area contributed by atoms with Crippen molar-refractivity contribution in [3.8, 4) is 24.7 Å². The van der Waals surface area contributed by atoms with Crippen LogP contribution < -0.4 is 10.6 Å². The van der Waals surface area contributed by atoms with Crippen LogP contribution in [-0.2, 0) is 12.3 Å². The standard InChI is InChI=1S/C17H22N4O3S/c1-4-8-18-17(13-21(22)23)19-9-11-25-14-16-7-6-15(24-16)12-20(3)10-5-2/h1-2,6-7,13,18-19H,8-12,14H2,3H3. The second-order valence-electron chi connectivity index (χ2n) is 5.11. The van der Waals surface area contributed by atoms with Crippen LogP contribution in [0.15, 0.2) is 28.6 Å². The molecule has 7 nitrogen and oxygen atoms in total. The van der Waals surface area contributed by atoms with Crippen LogP contribution in [0.4, 0.5) is 0 Å². The summed E-state index contributed by atoms with van der Waals surface area (Å²) in [6, 6.07) is 3.90. The molecular formula is C17H22N4O3S. The van der Waals surface area contributed by atoms with E-state index in [1.165, 1.54) is 0 Å². The van der Waals surface area contributed by atoms with Crippen LogP contribution in [0, 0.1) is 34.8 Å². The summed E-state index contributed by atoms with van der Waals surface area (Å²) >= 11 is 1.67. The van der Waals surface area contributed by atoms with Crippen molar-refractivity contribution in [2.24, 2.45) is 0 Å². The number of nitro groups is 1. The van der Waals surface area contributed by atoms with E-state index >= 15 is 0 Å². The minimum atomic E-state index is -0.527. The fourth-order valence-electron chi connectivity index (χ4n) is 1.90. The lowest BCUT2D eigenvalue weighted by Crippen LogP contribution is -2.29. The van der Waals surface area contributed by atoms with Gasteiger partial charge in [0.2, 0.25) is 0 Å². The Balaban J connectivity index is 2.29. The number of furan rings is 1. The summed E-state index contributed by atoms with van der Waals surface area (Å²) in [6.07, 6.45) is 11.3. The van der Waals surface area contributed by atoms with Crippen LogP contribution >= 0.6 is 11.8 Å².